The molecule has 0 aliphatic carbocycles. The second-order valence-corrected chi connectivity index (χ2v) is 3.34. The van der Waals surface area contributed by atoms with Gasteiger partial charge in [0.1, 0.15) is 0 Å². The summed E-state index contributed by atoms with van der Waals surface area (Å²) in [4.78, 5) is 0. The zero-order valence-electron chi connectivity index (χ0n) is 11.8. The summed E-state index contributed by atoms with van der Waals surface area (Å²) in [5.41, 5.74) is 0. The maximum Gasteiger partial charge on any atom is 4.00 e. The molecule has 104 valence electrons. The van der Waals surface area contributed by atoms with Crippen LogP contribution in [-0.2, 0) is 25.8 Å². The Labute approximate surface area is 140 Å². The van der Waals surface area contributed by atoms with Crippen molar-refractivity contribution in [3.63, 3.8) is 0 Å². The van der Waals surface area contributed by atoms with Crippen LogP contribution in [-0.4, -0.2) is 26.2 Å². The van der Waals surface area contributed by atoms with Gasteiger partial charge in [0.15, 0.2) is 0 Å². The van der Waals surface area contributed by atoms with Crippen LogP contribution in [0.5, 0.6) is 0 Å². The van der Waals surface area contributed by atoms with Gasteiger partial charge in [-0.2, -0.15) is 0 Å². The molecule has 0 aromatic carbocycles. The van der Waals surface area contributed by atoms with Gasteiger partial charge in [-0.05, 0) is 0 Å². The van der Waals surface area contributed by atoms with E-state index >= 15 is 0 Å². The first kappa shape index (κ1) is 31.0. The van der Waals surface area contributed by atoms with Crippen molar-refractivity contribution in [1.29, 1.82) is 0 Å². The summed E-state index contributed by atoms with van der Waals surface area (Å²) in [6, 6.07) is 0. The molecule has 0 saturated carbocycles. The van der Waals surface area contributed by atoms with Crippen LogP contribution in [0.4, 0.5) is 0 Å². The normalized spacial score (nSPS) is 7.76. The van der Waals surface area contributed by atoms with Crippen molar-refractivity contribution in [1.82, 2.24) is 0 Å². The summed E-state index contributed by atoms with van der Waals surface area (Å²) in [5.74, 6) is 0. The molecule has 0 heterocycles. The van der Waals surface area contributed by atoms with Gasteiger partial charge in [-0.1, -0.05) is 53.4 Å². The largest absolute Gasteiger partial charge is 4.00 e. The van der Waals surface area contributed by atoms with Crippen molar-refractivity contribution in [3.8, 4) is 0 Å². The Kier molecular flexibility index (Phi) is 65.7. The summed E-state index contributed by atoms with van der Waals surface area (Å²) in [5, 5.41) is 8.42. The number of rotatable bonds is 8. The molecule has 0 aliphatic heterocycles. The fourth-order valence-corrected chi connectivity index (χ4v) is 0.856. The number of nitrogens with zero attached hydrogens (tertiary/aromatic N) is 2. The van der Waals surface area contributed by atoms with Gasteiger partial charge in [0.05, 0.1) is 0 Å². The van der Waals surface area contributed by atoms with Gasteiger partial charge < -0.3 is 35.4 Å². The second kappa shape index (κ2) is 36.0. The number of halogens is 2. The molecule has 0 aromatic heterocycles. The Hall–Kier alpha value is 1.37. The van der Waals surface area contributed by atoms with Crippen LogP contribution in [0.2, 0.25) is 0 Å². The minimum atomic E-state index is 0. The van der Waals surface area contributed by atoms with Crippen LogP contribution < -0.4 is 24.8 Å². The predicted molar refractivity (Wildman–Crippen MR) is 67.4 cm³/mol. The topological polar surface area (TPSA) is 28.2 Å². The Bertz CT molecular complexity index is 70.9. The number of hydrogen-bond donors (Lipinski definition) is 0. The van der Waals surface area contributed by atoms with E-state index in [4.69, 9.17) is 0 Å². The molecule has 0 amide bonds. The standard InChI is InChI=1S/2C6H14N.2ClH.Hf/c2*1-3-5-7-6-4-2;;;/h2*3-6H2,1-2H3;2*1H;/q2*-1;;;+4/p-2. The van der Waals surface area contributed by atoms with Crippen molar-refractivity contribution in [3.05, 3.63) is 10.6 Å². The summed E-state index contributed by atoms with van der Waals surface area (Å²) in [6.45, 7) is 12.8. The summed E-state index contributed by atoms with van der Waals surface area (Å²) in [6.07, 6.45) is 4.78. The molecular weight excluding hydrogens is 422 g/mol. The van der Waals surface area contributed by atoms with E-state index in [0.717, 1.165) is 26.2 Å². The zero-order chi connectivity index (χ0) is 11.1. The molecule has 0 spiro atoms. The molecule has 0 unspecified atom stereocenters. The van der Waals surface area contributed by atoms with Crippen molar-refractivity contribution in [2.45, 2.75) is 53.4 Å². The third-order valence-electron chi connectivity index (χ3n) is 1.53. The van der Waals surface area contributed by atoms with Gasteiger partial charge in [0.2, 0.25) is 0 Å². The maximum atomic E-state index is 4.21. The molecular formula is C12H28Cl2HfN2. The van der Waals surface area contributed by atoms with E-state index in [9.17, 15) is 0 Å². The fraction of sp³-hybridized carbons (Fsp3) is 1.00. The average molecular weight is 450 g/mol. The van der Waals surface area contributed by atoms with Crippen LogP contribution in [0.15, 0.2) is 0 Å². The van der Waals surface area contributed by atoms with E-state index < -0.39 is 0 Å². The van der Waals surface area contributed by atoms with Crippen molar-refractivity contribution >= 4 is 0 Å². The van der Waals surface area contributed by atoms with Gasteiger partial charge in [0, 0.05) is 0 Å². The molecule has 2 nitrogen and oxygen atoms in total. The molecule has 0 radical (unpaired) electrons. The van der Waals surface area contributed by atoms with Crippen LogP contribution in [0.25, 0.3) is 10.6 Å². The average Bonchev–Trinajstić information content (AvgIpc) is 2.21. The van der Waals surface area contributed by atoms with E-state index in [1.54, 1.807) is 0 Å². The molecule has 0 aliphatic rings. The van der Waals surface area contributed by atoms with Gasteiger partial charge in [-0.3, -0.25) is 0 Å². The molecule has 0 bridgehead atoms. The summed E-state index contributed by atoms with van der Waals surface area (Å²) in [7, 11) is 0. The smallest absolute Gasteiger partial charge is 1.00 e. The molecule has 17 heavy (non-hydrogen) atoms. The summed E-state index contributed by atoms with van der Waals surface area (Å²) >= 11 is 0. The maximum absolute atomic E-state index is 4.21. The first-order valence-corrected chi connectivity index (χ1v) is 6.09. The molecule has 0 aromatic rings. The van der Waals surface area contributed by atoms with Crippen LogP contribution >= 0.6 is 0 Å². The third-order valence-corrected chi connectivity index (χ3v) is 1.53. The summed E-state index contributed by atoms with van der Waals surface area (Å²) < 4.78 is 0. The van der Waals surface area contributed by atoms with Crippen molar-refractivity contribution in [2.24, 2.45) is 0 Å². The van der Waals surface area contributed by atoms with E-state index in [2.05, 4.69) is 38.3 Å². The third kappa shape index (κ3) is 46.7. The monoisotopic (exact) mass is 450 g/mol. The van der Waals surface area contributed by atoms with Crippen molar-refractivity contribution in [2.75, 3.05) is 26.2 Å². The van der Waals surface area contributed by atoms with Gasteiger partial charge in [-0.15, -0.1) is 26.2 Å². The van der Waals surface area contributed by atoms with E-state index in [1.807, 2.05) is 0 Å². The Balaban J connectivity index is -0.0000000480. The zero-order valence-corrected chi connectivity index (χ0v) is 16.9. The van der Waals surface area contributed by atoms with Crippen LogP contribution in [0, 0.1) is 0 Å². The predicted octanol–water partition coefficient (Wildman–Crippen LogP) is -1.63. The number of hydrogen-bond acceptors (Lipinski definition) is 0. The van der Waals surface area contributed by atoms with Gasteiger partial charge in [0.25, 0.3) is 0 Å². The molecule has 5 heteroatoms. The Morgan fingerprint density at radius 2 is 0.706 bits per heavy atom. The van der Waals surface area contributed by atoms with Crippen LogP contribution in [0.3, 0.4) is 0 Å². The quantitative estimate of drug-likeness (QED) is 0.314. The minimum absolute atomic E-state index is 0. The van der Waals surface area contributed by atoms with E-state index in [-0.39, 0.29) is 50.7 Å². The second-order valence-electron chi connectivity index (χ2n) is 3.34. The van der Waals surface area contributed by atoms with E-state index in [1.165, 1.54) is 25.7 Å². The van der Waals surface area contributed by atoms with Crippen molar-refractivity contribution < 1.29 is 50.7 Å². The first-order chi connectivity index (χ1) is 6.83. The molecule has 0 fully saturated rings. The SMILES string of the molecule is CCC[N-]CCC.CCC[N-]CCC.[Cl-].[Cl-].[Hf+4]. The van der Waals surface area contributed by atoms with Crippen LogP contribution in [0.1, 0.15) is 53.4 Å². The van der Waals surface area contributed by atoms with Gasteiger partial charge >= 0.3 is 25.8 Å². The molecule has 0 rings (SSSR count). The Morgan fingerprint density at radius 3 is 0.824 bits per heavy atom. The van der Waals surface area contributed by atoms with Gasteiger partial charge in [-0.25, -0.2) is 0 Å². The minimum Gasteiger partial charge on any atom is -1.00 e. The molecule has 0 saturated heterocycles. The fourth-order valence-electron chi connectivity index (χ4n) is 0.856. The molecule has 0 atom stereocenters. The Morgan fingerprint density at radius 1 is 0.529 bits per heavy atom. The van der Waals surface area contributed by atoms with E-state index in [0.29, 0.717) is 0 Å². The first-order valence-electron chi connectivity index (χ1n) is 6.09. The molecule has 0 N–H and O–H groups in total.